The Bertz CT molecular complexity index is 326. The number of amides is 1. The van der Waals surface area contributed by atoms with E-state index in [-0.39, 0.29) is 18.1 Å². The van der Waals surface area contributed by atoms with Crippen LogP contribution in [-0.4, -0.2) is 47.9 Å². The van der Waals surface area contributed by atoms with Crippen LogP contribution in [0.2, 0.25) is 0 Å². The minimum atomic E-state index is -1.00. The maximum Gasteiger partial charge on any atom is 0.332 e. The largest absolute Gasteiger partial charge is 0.479 e. The quantitative estimate of drug-likeness (QED) is 0.756. The lowest BCUT2D eigenvalue weighted by atomic mass is 10.1. The van der Waals surface area contributed by atoms with Crippen molar-refractivity contribution in [3.8, 4) is 0 Å². The smallest absolute Gasteiger partial charge is 0.332 e. The van der Waals surface area contributed by atoms with E-state index in [0.29, 0.717) is 12.8 Å². The van der Waals surface area contributed by atoms with Crippen molar-refractivity contribution in [3.63, 3.8) is 0 Å². The monoisotopic (exact) mass is 257 g/mol. The summed E-state index contributed by atoms with van der Waals surface area (Å²) in [6.45, 7) is 2.64. The number of carboxylic acids is 1. The summed E-state index contributed by atoms with van der Waals surface area (Å²) in [7, 11) is 0. The van der Waals surface area contributed by atoms with Crippen LogP contribution in [0.3, 0.4) is 0 Å². The molecular formula is C12H19NO5. The van der Waals surface area contributed by atoms with Crippen molar-refractivity contribution < 1.29 is 24.2 Å². The normalized spacial score (nSPS) is 33.3. The van der Waals surface area contributed by atoms with Crippen molar-refractivity contribution >= 4 is 11.9 Å². The number of carbonyl (C=O) groups is 2. The van der Waals surface area contributed by atoms with Gasteiger partial charge in [-0.25, -0.2) is 4.79 Å². The first-order valence-electron chi connectivity index (χ1n) is 6.38. The molecule has 0 spiro atoms. The number of nitrogens with one attached hydrogen (secondary N) is 1. The minimum Gasteiger partial charge on any atom is -0.479 e. The van der Waals surface area contributed by atoms with Crippen molar-refractivity contribution in [1.29, 1.82) is 0 Å². The Morgan fingerprint density at radius 1 is 1.28 bits per heavy atom. The summed E-state index contributed by atoms with van der Waals surface area (Å²) in [5, 5.41) is 11.6. The Morgan fingerprint density at radius 2 is 2.00 bits per heavy atom. The van der Waals surface area contributed by atoms with Gasteiger partial charge < -0.3 is 19.9 Å². The van der Waals surface area contributed by atoms with Crippen LogP contribution in [0, 0.1) is 0 Å². The summed E-state index contributed by atoms with van der Waals surface area (Å²) in [5.41, 5.74) is 0. The van der Waals surface area contributed by atoms with E-state index >= 15 is 0 Å². The lowest BCUT2D eigenvalue weighted by Gasteiger charge is -2.21. The lowest BCUT2D eigenvalue weighted by molar-refractivity contribution is -0.152. The topological polar surface area (TPSA) is 84.9 Å². The van der Waals surface area contributed by atoms with Crippen LogP contribution in [0.5, 0.6) is 0 Å². The third-order valence-corrected chi connectivity index (χ3v) is 3.48. The van der Waals surface area contributed by atoms with Crippen molar-refractivity contribution in [2.45, 2.75) is 57.0 Å². The summed E-state index contributed by atoms with van der Waals surface area (Å²) in [6, 6.07) is -0.0625. The van der Waals surface area contributed by atoms with Gasteiger partial charge in [0.05, 0.1) is 12.1 Å². The van der Waals surface area contributed by atoms with Gasteiger partial charge >= 0.3 is 5.97 Å². The van der Waals surface area contributed by atoms with Crippen LogP contribution >= 0.6 is 0 Å². The van der Waals surface area contributed by atoms with Gasteiger partial charge in [0, 0.05) is 6.61 Å². The predicted molar refractivity (Wildman–Crippen MR) is 62.1 cm³/mol. The molecule has 2 rings (SSSR count). The molecule has 2 unspecified atom stereocenters. The zero-order valence-corrected chi connectivity index (χ0v) is 10.4. The summed E-state index contributed by atoms with van der Waals surface area (Å²) in [6.07, 6.45) is 1.39. The molecule has 0 bridgehead atoms. The lowest BCUT2D eigenvalue weighted by Crippen LogP contribution is -2.45. The van der Waals surface area contributed by atoms with Crippen LogP contribution in [0.1, 0.15) is 32.6 Å². The van der Waals surface area contributed by atoms with Gasteiger partial charge in [0.15, 0.2) is 6.10 Å². The fraction of sp³-hybridized carbons (Fsp3) is 0.833. The molecule has 1 amide bonds. The molecule has 102 valence electrons. The molecule has 2 aliphatic rings. The molecular weight excluding hydrogens is 238 g/mol. The molecule has 2 heterocycles. The third kappa shape index (κ3) is 3.00. The van der Waals surface area contributed by atoms with E-state index in [1.807, 2.05) is 6.92 Å². The second-order valence-corrected chi connectivity index (χ2v) is 4.88. The van der Waals surface area contributed by atoms with E-state index in [2.05, 4.69) is 5.32 Å². The number of hydrogen-bond acceptors (Lipinski definition) is 4. The van der Waals surface area contributed by atoms with Crippen molar-refractivity contribution in [2.75, 3.05) is 6.61 Å². The summed E-state index contributed by atoms with van der Waals surface area (Å²) < 4.78 is 10.7. The Labute approximate surface area is 106 Å². The molecule has 6 nitrogen and oxygen atoms in total. The van der Waals surface area contributed by atoms with E-state index in [0.717, 1.165) is 19.4 Å². The predicted octanol–water partition coefficient (Wildman–Crippen LogP) is 0.302. The molecule has 2 N–H and O–H groups in total. The standard InChI is InChI=1S/C12H19NO5/c1-7(8-3-2-6-17-8)13-11(14)9-4-5-10(18-9)12(15)16/h7-10H,2-6H2,1H3,(H,13,14)(H,15,16)/t7?,8?,9-,10+/m0/s1. The van der Waals surface area contributed by atoms with Gasteiger partial charge in [0.1, 0.15) is 6.10 Å². The van der Waals surface area contributed by atoms with Gasteiger partial charge in [-0.1, -0.05) is 0 Å². The van der Waals surface area contributed by atoms with E-state index in [4.69, 9.17) is 14.6 Å². The van der Waals surface area contributed by atoms with Gasteiger partial charge in [0.2, 0.25) is 5.91 Å². The van der Waals surface area contributed by atoms with Crippen LogP contribution in [-0.2, 0) is 19.1 Å². The van der Waals surface area contributed by atoms with Gasteiger partial charge in [-0.3, -0.25) is 4.79 Å². The van der Waals surface area contributed by atoms with Gasteiger partial charge in [-0.15, -0.1) is 0 Å². The molecule has 4 atom stereocenters. The molecule has 0 aromatic rings. The fourth-order valence-electron chi connectivity index (χ4n) is 2.42. The van der Waals surface area contributed by atoms with Gasteiger partial charge in [-0.2, -0.15) is 0 Å². The number of hydrogen-bond donors (Lipinski definition) is 2. The molecule has 0 aliphatic carbocycles. The third-order valence-electron chi connectivity index (χ3n) is 3.48. The molecule has 0 aromatic heterocycles. The number of ether oxygens (including phenoxy) is 2. The number of carboxylic acid groups (broad SMARTS) is 1. The highest BCUT2D eigenvalue weighted by Crippen LogP contribution is 2.21. The molecule has 0 radical (unpaired) electrons. The first-order chi connectivity index (χ1) is 8.58. The fourth-order valence-corrected chi connectivity index (χ4v) is 2.42. The highest BCUT2D eigenvalue weighted by molar-refractivity contribution is 5.82. The Hall–Kier alpha value is -1.14. The highest BCUT2D eigenvalue weighted by Gasteiger charge is 2.36. The molecule has 0 saturated carbocycles. The van der Waals surface area contributed by atoms with E-state index in [1.54, 1.807) is 0 Å². The van der Waals surface area contributed by atoms with Crippen LogP contribution in [0.15, 0.2) is 0 Å². The SMILES string of the molecule is CC(NC(=O)[C@@H]1CC[C@H](C(=O)O)O1)C1CCCO1. The summed E-state index contributed by atoms with van der Waals surface area (Å²) in [4.78, 5) is 22.6. The Morgan fingerprint density at radius 3 is 2.56 bits per heavy atom. The maximum absolute atomic E-state index is 11.9. The van der Waals surface area contributed by atoms with Crippen molar-refractivity contribution in [2.24, 2.45) is 0 Å². The summed E-state index contributed by atoms with van der Waals surface area (Å²) in [5.74, 6) is -1.24. The van der Waals surface area contributed by atoms with Gasteiger partial charge in [-0.05, 0) is 32.6 Å². The van der Waals surface area contributed by atoms with Crippen LogP contribution < -0.4 is 5.32 Å². The van der Waals surface area contributed by atoms with Crippen LogP contribution in [0.4, 0.5) is 0 Å². The molecule has 2 fully saturated rings. The van der Waals surface area contributed by atoms with E-state index < -0.39 is 18.2 Å². The maximum atomic E-state index is 11.9. The zero-order chi connectivity index (χ0) is 13.1. The molecule has 18 heavy (non-hydrogen) atoms. The number of rotatable bonds is 4. The number of carbonyl (C=O) groups excluding carboxylic acids is 1. The van der Waals surface area contributed by atoms with E-state index in [9.17, 15) is 9.59 Å². The second-order valence-electron chi connectivity index (χ2n) is 4.88. The first-order valence-corrected chi connectivity index (χ1v) is 6.38. The molecule has 6 heteroatoms. The second kappa shape index (κ2) is 5.67. The average molecular weight is 257 g/mol. The minimum absolute atomic E-state index is 0.0608. The zero-order valence-electron chi connectivity index (χ0n) is 10.4. The van der Waals surface area contributed by atoms with Gasteiger partial charge in [0.25, 0.3) is 0 Å². The molecule has 2 aliphatic heterocycles. The number of aliphatic carboxylic acids is 1. The Balaban J connectivity index is 1.79. The highest BCUT2D eigenvalue weighted by atomic mass is 16.5. The van der Waals surface area contributed by atoms with E-state index in [1.165, 1.54) is 0 Å². The molecule has 2 saturated heterocycles. The van der Waals surface area contributed by atoms with Crippen LogP contribution in [0.25, 0.3) is 0 Å². The average Bonchev–Trinajstić information content (AvgIpc) is 3.00. The molecule has 0 aromatic carbocycles. The van der Waals surface area contributed by atoms with Crippen molar-refractivity contribution in [1.82, 2.24) is 5.32 Å². The first kappa shape index (κ1) is 13.3. The Kier molecular flexibility index (Phi) is 4.19. The summed E-state index contributed by atoms with van der Waals surface area (Å²) >= 11 is 0. The van der Waals surface area contributed by atoms with Crippen molar-refractivity contribution in [3.05, 3.63) is 0 Å².